The Morgan fingerprint density at radius 1 is 0.708 bits per heavy atom. The summed E-state index contributed by atoms with van der Waals surface area (Å²) in [7, 11) is 0. The number of hydrogen-bond donors (Lipinski definition) is 0. The second-order valence-corrected chi connectivity index (χ2v) is 6.48. The lowest BCUT2D eigenvalue weighted by molar-refractivity contribution is 0.929. The van der Waals surface area contributed by atoms with Gasteiger partial charge in [-0.2, -0.15) is 0 Å². The van der Waals surface area contributed by atoms with Crippen molar-refractivity contribution in [2.75, 3.05) is 0 Å². The smallest absolute Gasteiger partial charge is 0.0142 e. The Labute approximate surface area is 152 Å². The molecular formula is C24H40. The van der Waals surface area contributed by atoms with E-state index in [1.807, 2.05) is 12.2 Å². The van der Waals surface area contributed by atoms with Crippen LogP contribution < -0.4 is 0 Å². The van der Waals surface area contributed by atoms with Crippen molar-refractivity contribution in [2.24, 2.45) is 0 Å². The highest BCUT2D eigenvalue weighted by Crippen LogP contribution is 2.11. The van der Waals surface area contributed by atoms with Gasteiger partial charge in [0.15, 0.2) is 0 Å². The first kappa shape index (κ1) is 24.7. The van der Waals surface area contributed by atoms with Gasteiger partial charge in [0.1, 0.15) is 0 Å². The van der Waals surface area contributed by atoms with Crippen molar-refractivity contribution in [2.45, 2.75) is 80.1 Å². The first-order chi connectivity index (χ1) is 11.4. The molecule has 0 saturated carbocycles. The minimum atomic E-state index is 1.02. The third kappa shape index (κ3) is 18.5. The van der Waals surface area contributed by atoms with Crippen LogP contribution >= 0.6 is 0 Å². The average Bonchev–Trinajstić information content (AvgIpc) is 2.54. The van der Waals surface area contributed by atoms with E-state index in [-0.39, 0.29) is 0 Å². The highest BCUT2D eigenvalue weighted by atomic mass is 14.0. The quantitative estimate of drug-likeness (QED) is 0.352. The number of hydrogen-bond acceptors (Lipinski definition) is 0. The summed E-state index contributed by atoms with van der Waals surface area (Å²) in [6.45, 7) is 20.3. The lowest BCUT2D eigenvalue weighted by Crippen LogP contribution is -1.80. The summed E-state index contributed by atoms with van der Waals surface area (Å²) in [4.78, 5) is 0. The van der Waals surface area contributed by atoms with Crippen molar-refractivity contribution in [1.82, 2.24) is 0 Å². The van der Waals surface area contributed by atoms with Crippen LogP contribution in [0.1, 0.15) is 80.1 Å². The van der Waals surface area contributed by atoms with Gasteiger partial charge in [-0.05, 0) is 80.1 Å². The van der Waals surface area contributed by atoms with E-state index in [2.05, 4.69) is 79.0 Å². The maximum absolute atomic E-state index is 3.74. The molecule has 0 heterocycles. The Kier molecular flexibility index (Phi) is 18.3. The van der Waals surface area contributed by atoms with E-state index in [4.69, 9.17) is 0 Å². The van der Waals surface area contributed by atoms with Crippen LogP contribution in [0.5, 0.6) is 0 Å². The lowest BCUT2D eigenvalue weighted by Gasteiger charge is -2.00. The zero-order valence-corrected chi connectivity index (χ0v) is 17.1. The lowest BCUT2D eigenvalue weighted by atomic mass is 10.1. The average molecular weight is 329 g/mol. The Morgan fingerprint density at radius 3 is 1.75 bits per heavy atom. The van der Waals surface area contributed by atoms with Crippen molar-refractivity contribution in [3.63, 3.8) is 0 Å². The highest BCUT2D eigenvalue weighted by Gasteiger charge is 1.91. The Hall–Kier alpha value is -1.56. The van der Waals surface area contributed by atoms with E-state index in [9.17, 15) is 0 Å². The fourth-order valence-corrected chi connectivity index (χ4v) is 2.10. The van der Waals surface area contributed by atoms with Gasteiger partial charge in [0.05, 0.1) is 0 Å². The van der Waals surface area contributed by atoms with Crippen molar-refractivity contribution < 1.29 is 0 Å². The molecule has 0 heteroatoms. The summed E-state index contributed by atoms with van der Waals surface area (Å²) < 4.78 is 0. The Balaban J connectivity index is 0. The summed E-state index contributed by atoms with van der Waals surface area (Å²) >= 11 is 0. The molecule has 0 aromatic rings. The maximum Gasteiger partial charge on any atom is -0.0142 e. The molecule has 0 bridgehead atoms. The van der Waals surface area contributed by atoms with Gasteiger partial charge < -0.3 is 0 Å². The van der Waals surface area contributed by atoms with E-state index in [1.165, 1.54) is 35.1 Å². The van der Waals surface area contributed by atoms with Gasteiger partial charge in [-0.25, -0.2) is 0 Å². The molecule has 0 radical (unpaired) electrons. The van der Waals surface area contributed by atoms with Crippen LogP contribution in [0.2, 0.25) is 0 Å². The van der Waals surface area contributed by atoms with Crippen molar-refractivity contribution in [1.29, 1.82) is 0 Å². The molecule has 0 spiro atoms. The van der Waals surface area contributed by atoms with Gasteiger partial charge in [-0.15, -0.1) is 13.2 Å². The molecule has 24 heavy (non-hydrogen) atoms. The Morgan fingerprint density at radius 2 is 1.29 bits per heavy atom. The first-order valence-electron chi connectivity index (χ1n) is 9.17. The molecular weight excluding hydrogens is 288 g/mol. The van der Waals surface area contributed by atoms with E-state index in [0.717, 1.165) is 25.7 Å². The second-order valence-electron chi connectivity index (χ2n) is 6.48. The summed E-state index contributed by atoms with van der Waals surface area (Å²) in [6.07, 6.45) is 19.6. The zero-order chi connectivity index (χ0) is 18.8. The second kappa shape index (κ2) is 17.8. The molecule has 136 valence electrons. The fraction of sp³-hybridized carbons (Fsp3) is 0.500. The highest BCUT2D eigenvalue weighted by molar-refractivity contribution is 5.07. The van der Waals surface area contributed by atoms with Crippen LogP contribution in [0.3, 0.4) is 0 Å². The third-order valence-corrected chi connectivity index (χ3v) is 3.82. The molecule has 0 aliphatic carbocycles. The van der Waals surface area contributed by atoms with Crippen LogP contribution in [0.15, 0.2) is 71.9 Å². The van der Waals surface area contributed by atoms with Crippen LogP contribution in [0.25, 0.3) is 0 Å². The minimum Gasteiger partial charge on any atom is -0.103 e. The largest absolute Gasteiger partial charge is 0.103 e. The molecule has 0 saturated heterocycles. The Bertz CT molecular complexity index is 448. The van der Waals surface area contributed by atoms with E-state index in [1.54, 1.807) is 0 Å². The third-order valence-electron chi connectivity index (χ3n) is 3.82. The van der Waals surface area contributed by atoms with Crippen LogP contribution in [-0.2, 0) is 0 Å². The van der Waals surface area contributed by atoms with Crippen LogP contribution in [-0.4, -0.2) is 0 Å². The number of rotatable bonds is 10. The van der Waals surface area contributed by atoms with Crippen molar-refractivity contribution in [3.05, 3.63) is 71.9 Å². The van der Waals surface area contributed by atoms with Gasteiger partial charge >= 0.3 is 0 Å². The molecule has 0 amide bonds. The molecule has 0 nitrogen and oxygen atoms in total. The normalized spacial score (nSPS) is 12.2. The van der Waals surface area contributed by atoms with Gasteiger partial charge in [-0.1, -0.05) is 58.7 Å². The standard InChI is InChI=1S/2C12H20/c1-5-8-12(4)10-7-9-11(3)6-2;1-5-8-12(6-2)10-7-9-11(3)4/h5-6,10H,1,7-9H2,2-4H3;5-6,9H,1,7-8,10H2,2-4H3. The molecule has 0 rings (SSSR count). The van der Waals surface area contributed by atoms with Crippen molar-refractivity contribution >= 4 is 0 Å². The van der Waals surface area contributed by atoms with Crippen LogP contribution in [0, 0.1) is 0 Å². The van der Waals surface area contributed by atoms with Gasteiger partial charge in [0.25, 0.3) is 0 Å². The molecule has 0 aliphatic rings. The monoisotopic (exact) mass is 328 g/mol. The van der Waals surface area contributed by atoms with Crippen LogP contribution in [0.4, 0.5) is 0 Å². The molecule has 0 aromatic heterocycles. The molecule has 0 aromatic carbocycles. The van der Waals surface area contributed by atoms with E-state index >= 15 is 0 Å². The van der Waals surface area contributed by atoms with Gasteiger partial charge in [-0.3, -0.25) is 0 Å². The maximum atomic E-state index is 3.74. The summed E-state index contributed by atoms with van der Waals surface area (Å²) in [5.74, 6) is 0. The summed E-state index contributed by atoms with van der Waals surface area (Å²) in [5.41, 5.74) is 5.79. The molecule has 0 atom stereocenters. The van der Waals surface area contributed by atoms with Crippen molar-refractivity contribution in [3.8, 4) is 0 Å². The van der Waals surface area contributed by atoms with E-state index in [0.29, 0.717) is 0 Å². The predicted octanol–water partition coefficient (Wildman–Crippen LogP) is 8.51. The van der Waals surface area contributed by atoms with Gasteiger partial charge in [0, 0.05) is 0 Å². The van der Waals surface area contributed by atoms with E-state index < -0.39 is 0 Å². The topological polar surface area (TPSA) is 0 Å². The summed E-state index contributed by atoms with van der Waals surface area (Å²) in [5, 5.41) is 0. The van der Waals surface area contributed by atoms with Gasteiger partial charge in [0.2, 0.25) is 0 Å². The first-order valence-corrected chi connectivity index (χ1v) is 9.17. The molecule has 0 fully saturated rings. The SMILES string of the molecule is C=CCC(=CC)CCC=C(C)C.C=CCC(C)=CCCC(C)=CC. The zero-order valence-electron chi connectivity index (χ0n) is 17.1. The minimum absolute atomic E-state index is 1.02. The molecule has 0 aliphatic heterocycles. The summed E-state index contributed by atoms with van der Waals surface area (Å²) in [6, 6.07) is 0. The number of allylic oxidation sites excluding steroid dienone is 10. The predicted molar refractivity (Wildman–Crippen MR) is 114 cm³/mol. The molecule has 0 N–H and O–H groups in total. The fourth-order valence-electron chi connectivity index (χ4n) is 2.10. The molecule has 0 unspecified atom stereocenters.